The molecule has 2 saturated carbocycles. The van der Waals surface area contributed by atoms with Crippen molar-refractivity contribution in [2.24, 2.45) is 23.5 Å². The maximum Gasteiger partial charge on any atom is 0.223 e. The molecule has 0 aromatic heterocycles. The standard InChI is InChI=1S/C19H36N4O/c1-22(2)17-6-9-23(10-7-17)11-8-21-19(24)16-12-14-4-3-5-15(13-16)18(14)20/h14-18H,3-13,20H2,1-2H3,(H,21,24). The summed E-state index contributed by atoms with van der Waals surface area (Å²) in [7, 11) is 4.35. The molecule has 2 bridgehead atoms. The molecular weight excluding hydrogens is 300 g/mol. The fourth-order valence-corrected chi connectivity index (χ4v) is 5.14. The Kier molecular flexibility index (Phi) is 6.17. The van der Waals surface area contributed by atoms with Gasteiger partial charge in [0, 0.05) is 31.1 Å². The monoisotopic (exact) mass is 336 g/mol. The lowest BCUT2D eigenvalue weighted by molar-refractivity contribution is -0.127. The minimum atomic E-state index is 0.208. The molecule has 0 aromatic carbocycles. The number of hydrogen-bond donors (Lipinski definition) is 2. The summed E-state index contributed by atoms with van der Waals surface area (Å²) in [5, 5.41) is 3.21. The van der Waals surface area contributed by atoms with Crippen LogP contribution in [0.5, 0.6) is 0 Å². The highest BCUT2D eigenvalue weighted by atomic mass is 16.1. The molecule has 1 amide bonds. The second kappa shape index (κ2) is 8.15. The van der Waals surface area contributed by atoms with Crippen molar-refractivity contribution in [3.05, 3.63) is 0 Å². The van der Waals surface area contributed by atoms with E-state index in [0.29, 0.717) is 17.9 Å². The zero-order valence-corrected chi connectivity index (χ0v) is 15.5. The van der Waals surface area contributed by atoms with E-state index in [9.17, 15) is 4.79 Å². The summed E-state index contributed by atoms with van der Waals surface area (Å²) in [6, 6.07) is 1.07. The number of piperidine rings is 1. The van der Waals surface area contributed by atoms with Gasteiger partial charge in [-0.1, -0.05) is 6.42 Å². The number of likely N-dealkylation sites (tertiary alicyclic amines) is 1. The van der Waals surface area contributed by atoms with Crippen LogP contribution in [0.1, 0.15) is 44.9 Å². The van der Waals surface area contributed by atoms with Gasteiger partial charge in [0.2, 0.25) is 5.91 Å². The number of carbonyl (C=O) groups excluding carboxylic acids is 1. The first-order valence-electron chi connectivity index (χ1n) is 9.96. The second-order valence-electron chi connectivity index (χ2n) is 8.52. The molecule has 2 atom stereocenters. The summed E-state index contributed by atoms with van der Waals surface area (Å²) in [6.45, 7) is 4.09. The van der Waals surface area contributed by atoms with Crippen molar-refractivity contribution in [2.75, 3.05) is 40.3 Å². The minimum absolute atomic E-state index is 0.208. The number of carbonyl (C=O) groups is 1. The normalized spacial score (nSPS) is 35.2. The summed E-state index contributed by atoms with van der Waals surface area (Å²) >= 11 is 0. The molecule has 1 aliphatic heterocycles. The van der Waals surface area contributed by atoms with Gasteiger partial charge in [0.15, 0.2) is 0 Å². The number of nitrogens with one attached hydrogen (secondary N) is 1. The molecule has 5 heteroatoms. The van der Waals surface area contributed by atoms with Gasteiger partial charge in [0.1, 0.15) is 0 Å². The summed E-state index contributed by atoms with van der Waals surface area (Å²) in [5.41, 5.74) is 6.33. The van der Waals surface area contributed by atoms with Crippen LogP contribution in [0.2, 0.25) is 0 Å². The number of fused-ring (bicyclic) bond motifs is 2. The molecule has 0 aromatic rings. The third-order valence-electron chi connectivity index (χ3n) is 6.80. The topological polar surface area (TPSA) is 61.6 Å². The third kappa shape index (κ3) is 4.30. The zero-order chi connectivity index (χ0) is 17.1. The highest BCUT2D eigenvalue weighted by molar-refractivity contribution is 5.78. The Hall–Kier alpha value is -0.650. The third-order valence-corrected chi connectivity index (χ3v) is 6.80. The van der Waals surface area contributed by atoms with E-state index in [-0.39, 0.29) is 11.8 Å². The first kappa shape index (κ1) is 18.2. The van der Waals surface area contributed by atoms with E-state index in [1.54, 1.807) is 0 Å². The van der Waals surface area contributed by atoms with E-state index in [0.717, 1.165) is 45.1 Å². The lowest BCUT2D eigenvalue weighted by Gasteiger charge is -2.43. The molecule has 3 rings (SSSR count). The summed E-state index contributed by atoms with van der Waals surface area (Å²) in [6.07, 6.45) is 8.26. The minimum Gasteiger partial charge on any atom is -0.355 e. The molecule has 138 valence electrons. The fraction of sp³-hybridized carbons (Fsp3) is 0.947. The van der Waals surface area contributed by atoms with Crippen LogP contribution in [0.4, 0.5) is 0 Å². The average molecular weight is 337 g/mol. The van der Waals surface area contributed by atoms with Crippen molar-refractivity contribution in [3.63, 3.8) is 0 Å². The van der Waals surface area contributed by atoms with E-state index in [4.69, 9.17) is 5.73 Å². The Balaban J connectivity index is 1.36. The van der Waals surface area contributed by atoms with Gasteiger partial charge in [-0.15, -0.1) is 0 Å². The molecule has 1 saturated heterocycles. The van der Waals surface area contributed by atoms with Crippen LogP contribution in [0.15, 0.2) is 0 Å². The van der Waals surface area contributed by atoms with Crippen LogP contribution in [0, 0.1) is 17.8 Å². The van der Waals surface area contributed by atoms with Crippen LogP contribution < -0.4 is 11.1 Å². The molecule has 0 spiro atoms. The van der Waals surface area contributed by atoms with Gasteiger partial charge in [-0.2, -0.15) is 0 Å². The number of nitrogens with zero attached hydrogens (tertiary/aromatic N) is 2. The van der Waals surface area contributed by atoms with Crippen molar-refractivity contribution >= 4 is 5.91 Å². The van der Waals surface area contributed by atoms with Gasteiger partial charge in [-0.3, -0.25) is 4.79 Å². The molecule has 3 aliphatic rings. The fourth-order valence-electron chi connectivity index (χ4n) is 5.14. The van der Waals surface area contributed by atoms with E-state index in [1.165, 1.54) is 32.1 Å². The van der Waals surface area contributed by atoms with Crippen molar-refractivity contribution in [1.29, 1.82) is 0 Å². The predicted molar refractivity (Wildman–Crippen MR) is 97.7 cm³/mol. The quantitative estimate of drug-likeness (QED) is 0.794. The lowest BCUT2D eigenvalue weighted by Crippen LogP contribution is -2.50. The van der Waals surface area contributed by atoms with Gasteiger partial charge in [-0.25, -0.2) is 0 Å². The molecule has 5 nitrogen and oxygen atoms in total. The van der Waals surface area contributed by atoms with Crippen molar-refractivity contribution in [2.45, 2.75) is 57.0 Å². The molecule has 2 unspecified atom stereocenters. The average Bonchev–Trinajstić information content (AvgIpc) is 2.55. The van der Waals surface area contributed by atoms with Crippen LogP contribution in [-0.2, 0) is 4.79 Å². The molecule has 1 heterocycles. The number of rotatable bonds is 5. The molecular formula is C19H36N4O. The van der Waals surface area contributed by atoms with E-state index in [2.05, 4.69) is 29.2 Å². The Morgan fingerprint density at radius 3 is 2.33 bits per heavy atom. The Bertz CT molecular complexity index is 406. The first-order chi connectivity index (χ1) is 11.5. The van der Waals surface area contributed by atoms with Crippen LogP contribution in [-0.4, -0.2) is 68.1 Å². The molecule has 24 heavy (non-hydrogen) atoms. The summed E-state index contributed by atoms with van der Waals surface area (Å²) in [4.78, 5) is 17.4. The predicted octanol–water partition coefficient (Wildman–Crippen LogP) is 1.28. The van der Waals surface area contributed by atoms with Crippen molar-refractivity contribution in [3.8, 4) is 0 Å². The smallest absolute Gasteiger partial charge is 0.223 e. The maximum absolute atomic E-state index is 12.5. The largest absolute Gasteiger partial charge is 0.355 e. The van der Waals surface area contributed by atoms with E-state index < -0.39 is 0 Å². The summed E-state index contributed by atoms with van der Waals surface area (Å²) in [5.74, 6) is 1.65. The molecule has 0 radical (unpaired) electrons. The van der Waals surface area contributed by atoms with Crippen molar-refractivity contribution < 1.29 is 4.79 Å². The Morgan fingerprint density at radius 2 is 1.75 bits per heavy atom. The maximum atomic E-state index is 12.5. The Morgan fingerprint density at radius 1 is 1.12 bits per heavy atom. The highest BCUT2D eigenvalue weighted by Gasteiger charge is 2.40. The SMILES string of the molecule is CN(C)C1CCN(CCNC(=O)C2CC3CCCC(C2)C3N)CC1. The first-order valence-corrected chi connectivity index (χ1v) is 9.96. The molecule has 2 aliphatic carbocycles. The molecule has 3 N–H and O–H groups in total. The number of nitrogens with two attached hydrogens (primary N) is 1. The van der Waals surface area contributed by atoms with E-state index in [1.807, 2.05) is 0 Å². The van der Waals surface area contributed by atoms with Crippen LogP contribution in [0.25, 0.3) is 0 Å². The van der Waals surface area contributed by atoms with Gasteiger partial charge >= 0.3 is 0 Å². The lowest BCUT2D eigenvalue weighted by atomic mass is 9.65. The zero-order valence-electron chi connectivity index (χ0n) is 15.5. The van der Waals surface area contributed by atoms with Gasteiger partial charge < -0.3 is 20.9 Å². The number of hydrogen-bond acceptors (Lipinski definition) is 4. The molecule has 3 fully saturated rings. The van der Waals surface area contributed by atoms with E-state index >= 15 is 0 Å². The van der Waals surface area contributed by atoms with Gasteiger partial charge in [-0.05, 0) is 77.5 Å². The van der Waals surface area contributed by atoms with Gasteiger partial charge in [0.25, 0.3) is 0 Å². The van der Waals surface area contributed by atoms with Crippen LogP contribution >= 0.6 is 0 Å². The highest BCUT2D eigenvalue weighted by Crippen LogP contribution is 2.41. The van der Waals surface area contributed by atoms with Gasteiger partial charge in [0.05, 0.1) is 0 Å². The number of amides is 1. The summed E-state index contributed by atoms with van der Waals surface area (Å²) < 4.78 is 0. The second-order valence-corrected chi connectivity index (χ2v) is 8.52. The Labute approximate surface area is 147 Å². The van der Waals surface area contributed by atoms with Crippen LogP contribution in [0.3, 0.4) is 0 Å². The van der Waals surface area contributed by atoms with Crippen molar-refractivity contribution in [1.82, 2.24) is 15.1 Å².